The number of benzene rings is 2. The van der Waals surface area contributed by atoms with Gasteiger partial charge in [0.2, 0.25) is 0 Å². The predicted octanol–water partition coefficient (Wildman–Crippen LogP) is 4.14. The SMILES string of the molecule is CCC1(c2ccc(OC)cc2)NC(=O)N(CC(=O)c2cc(C)n(-c3ccccc3)c2C)C1=O. The fourth-order valence-corrected chi connectivity index (χ4v) is 4.53. The Morgan fingerprint density at radius 1 is 1.03 bits per heavy atom. The van der Waals surface area contributed by atoms with Gasteiger partial charge in [-0.1, -0.05) is 37.3 Å². The number of Topliss-reactive ketones (excluding diaryl/α,β-unsaturated/α-hetero) is 1. The molecule has 2 heterocycles. The lowest BCUT2D eigenvalue weighted by Crippen LogP contribution is -2.43. The molecule has 1 fully saturated rings. The average Bonchev–Trinajstić information content (AvgIpc) is 3.27. The molecule has 1 unspecified atom stereocenters. The van der Waals surface area contributed by atoms with Gasteiger partial charge in [0.25, 0.3) is 5.91 Å². The van der Waals surface area contributed by atoms with Crippen LogP contribution in [0.5, 0.6) is 5.75 Å². The van der Waals surface area contributed by atoms with Gasteiger partial charge in [-0.2, -0.15) is 0 Å². The van der Waals surface area contributed by atoms with Crippen LogP contribution in [0.3, 0.4) is 0 Å². The van der Waals surface area contributed by atoms with Crippen molar-refractivity contribution in [2.75, 3.05) is 13.7 Å². The maximum Gasteiger partial charge on any atom is 0.325 e. The number of carbonyl (C=O) groups is 3. The summed E-state index contributed by atoms with van der Waals surface area (Å²) in [6.07, 6.45) is 0.358. The lowest BCUT2D eigenvalue weighted by atomic mass is 9.87. The van der Waals surface area contributed by atoms with E-state index >= 15 is 0 Å². The molecule has 1 atom stereocenters. The molecule has 4 rings (SSSR count). The highest BCUT2D eigenvalue weighted by molar-refractivity contribution is 6.11. The van der Waals surface area contributed by atoms with Crippen LogP contribution in [0.1, 0.15) is 40.7 Å². The van der Waals surface area contributed by atoms with Crippen molar-refractivity contribution in [2.24, 2.45) is 0 Å². The average molecular weight is 446 g/mol. The van der Waals surface area contributed by atoms with E-state index in [4.69, 9.17) is 4.74 Å². The molecule has 1 N–H and O–H groups in total. The van der Waals surface area contributed by atoms with Crippen LogP contribution in [0.15, 0.2) is 60.7 Å². The Labute approximate surface area is 193 Å². The Kier molecular flexibility index (Phi) is 5.80. The second-order valence-electron chi connectivity index (χ2n) is 8.19. The minimum absolute atomic E-state index is 0.282. The first-order chi connectivity index (χ1) is 15.8. The van der Waals surface area contributed by atoms with Crippen LogP contribution in [0, 0.1) is 13.8 Å². The molecule has 0 radical (unpaired) electrons. The van der Waals surface area contributed by atoms with Crippen molar-refractivity contribution < 1.29 is 19.1 Å². The number of carbonyl (C=O) groups excluding carboxylic acids is 3. The Morgan fingerprint density at radius 3 is 2.30 bits per heavy atom. The molecule has 0 spiro atoms. The molecule has 33 heavy (non-hydrogen) atoms. The molecule has 1 aliphatic rings. The second kappa shape index (κ2) is 8.58. The molecule has 1 saturated heterocycles. The van der Waals surface area contributed by atoms with Crippen LogP contribution in [-0.4, -0.2) is 40.8 Å². The largest absolute Gasteiger partial charge is 0.497 e. The van der Waals surface area contributed by atoms with Gasteiger partial charge in [-0.05, 0) is 56.2 Å². The second-order valence-corrected chi connectivity index (χ2v) is 8.19. The minimum atomic E-state index is -1.20. The van der Waals surface area contributed by atoms with E-state index in [0.717, 1.165) is 22.0 Å². The third-order valence-corrected chi connectivity index (χ3v) is 6.34. The molecular weight excluding hydrogens is 418 g/mol. The lowest BCUT2D eigenvalue weighted by Gasteiger charge is -2.26. The number of rotatable bonds is 7. The number of nitrogens with zero attached hydrogens (tertiary/aromatic N) is 2. The summed E-state index contributed by atoms with van der Waals surface area (Å²) >= 11 is 0. The molecule has 7 nitrogen and oxygen atoms in total. The summed E-state index contributed by atoms with van der Waals surface area (Å²) in [6, 6.07) is 18.0. The van der Waals surface area contributed by atoms with Gasteiger partial charge in [-0.15, -0.1) is 0 Å². The molecular formula is C26H27N3O4. The topological polar surface area (TPSA) is 80.6 Å². The van der Waals surface area contributed by atoms with Gasteiger partial charge in [0.1, 0.15) is 11.3 Å². The highest BCUT2D eigenvalue weighted by Gasteiger charge is 2.51. The molecule has 3 aromatic rings. The van der Waals surface area contributed by atoms with Gasteiger partial charge in [0, 0.05) is 22.6 Å². The molecule has 3 amide bonds. The Bertz CT molecular complexity index is 1210. The first-order valence-corrected chi connectivity index (χ1v) is 10.9. The summed E-state index contributed by atoms with van der Waals surface area (Å²) in [7, 11) is 1.56. The number of nitrogens with one attached hydrogen (secondary N) is 1. The van der Waals surface area contributed by atoms with Crippen molar-refractivity contribution in [3.63, 3.8) is 0 Å². The van der Waals surface area contributed by atoms with E-state index in [2.05, 4.69) is 5.32 Å². The smallest absolute Gasteiger partial charge is 0.325 e. The molecule has 7 heteroatoms. The van der Waals surface area contributed by atoms with E-state index in [1.807, 2.05) is 55.7 Å². The van der Waals surface area contributed by atoms with Crippen LogP contribution in [-0.2, 0) is 10.3 Å². The molecule has 2 aromatic carbocycles. The fraction of sp³-hybridized carbons (Fsp3) is 0.269. The number of ether oxygens (including phenoxy) is 1. The van der Waals surface area contributed by atoms with Crippen LogP contribution in [0.2, 0.25) is 0 Å². The van der Waals surface area contributed by atoms with Crippen LogP contribution in [0.25, 0.3) is 5.69 Å². The molecule has 1 aliphatic heterocycles. The number of hydrogen-bond donors (Lipinski definition) is 1. The highest BCUT2D eigenvalue weighted by Crippen LogP contribution is 2.33. The minimum Gasteiger partial charge on any atom is -0.497 e. The summed E-state index contributed by atoms with van der Waals surface area (Å²) in [6.45, 7) is 5.31. The standard InChI is InChI=1S/C26H27N3O4/c1-5-26(19-11-13-21(33-4)14-12-19)24(31)28(25(32)27-26)16-23(30)22-15-17(2)29(18(22)3)20-9-7-6-8-10-20/h6-15H,5,16H2,1-4H3,(H,27,32). The Balaban J connectivity index is 1.61. The van der Waals surface area contributed by atoms with E-state index in [1.165, 1.54) is 0 Å². The van der Waals surface area contributed by atoms with E-state index < -0.39 is 17.5 Å². The van der Waals surface area contributed by atoms with Crippen molar-refractivity contribution >= 4 is 17.7 Å². The van der Waals surface area contributed by atoms with Crippen molar-refractivity contribution in [1.82, 2.24) is 14.8 Å². The van der Waals surface area contributed by atoms with E-state index in [9.17, 15) is 14.4 Å². The van der Waals surface area contributed by atoms with Crippen molar-refractivity contribution in [1.29, 1.82) is 0 Å². The van der Waals surface area contributed by atoms with E-state index in [1.54, 1.807) is 37.4 Å². The van der Waals surface area contributed by atoms with Crippen LogP contribution in [0.4, 0.5) is 4.79 Å². The van der Waals surface area contributed by atoms with Gasteiger partial charge in [0.05, 0.1) is 13.7 Å². The van der Waals surface area contributed by atoms with Crippen molar-refractivity contribution in [3.8, 4) is 11.4 Å². The first-order valence-electron chi connectivity index (χ1n) is 10.9. The molecule has 0 bridgehead atoms. The van der Waals surface area contributed by atoms with Crippen molar-refractivity contribution in [2.45, 2.75) is 32.7 Å². The molecule has 170 valence electrons. The van der Waals surface area contributed by atoms with Crippen LogP contribution < -0.4 is 10.1 Å². The van der Waals surface area contributed by atoms with Gasteiger partial charge in [-0.3, -0.25) is 14.5 Å². The first kappa shape index (κ1) is 22.3. The number of aromatic nitrogens is 1. The third-order valence-electron chi connectivity index (χ3n) is 6.34. The molecule has 0 saturated carbocycles. The van der Waals surface area contributed by atoms with E-state index in [0.29, 0.717) is 23.3 Å². The number of para-hydroxylation sites is 1. The number of ketones is 1. The Morgan fingerprint density at radius 2 is 1.70 bits per heavy atom. The Hall–Kier alpha value is -3.87. The quantitative estimate of drug-likeness (QED) is 0.438. The number of aryl methyl sites for hydroxylation is 1. The summed E-state index contributed by atoms with van der Waals surface area (Å²) in [4.78, 5) is 40.5. The number of hydrogen-bond acceptors (Lipinski definition) is 4. The summed E-state index contributed by atoms with van der Waals surface area (Å²) in [5.41, 5.74) is 2.57. The number of urea groups is 1. The maximum atomic E-state index is 13.4. The molecule has 1 aromatic heterocycles. The number of amides is 3. The van der Waals surface area contributed by atoms with Gasteiger partial charge in [0.15, 0.2) is 5.78 Å². The summed E-state index contributed by atoms with van der Waals surface area (Å²) in [5, 5.41) is 2.82. The van der Waals surface area contributed by atoms with Crippen molar-refractivity contribution in [3.05, 3.63) is 83.2 Å². The molecule has 0 aliphatic carbocycles. The monoisotopic (exact) mass is 445 g/mol. The van der Waals surface area contributed by atoms with Gasteiger partial charge < -0.3 is 14.6 Å². The van der Waals surface area contributed by atoms with E-state index in [-0.39, 0.29) is 12.3 Å². The zero-order chi connectivity index (χ0) is 23.8. The zero-order valence-electron chi connectivity index (χ0n) is 19.2. The number of methoxy groups -OCH3 is 1. The maximum absolute atomic E-state index is 13.4. The summed E-state index contributed by atoms with van der Waals surface area (Å²) < 4.78 is 7.19. The fourth-order valence-electron chi connectivity index (χ4n) is 4.53. The lowest BCUT2D eigenvalue weighted by molar-refractivity contribution is -0.131. The summed E-state index contributed by atoms with van der Waals surface area (Å²) in [5.74, 6) is -0.0524. The third kappa shape index (κ3) is 3.69. The number of imide groups is 1. The van der Waals surface area contributed by atoms with Crippen LogP contribution >= 0.6 is 0 Å². The van der Waals surface area contributed by atoms with Gasteiger partial charge in [-0.25, -0.2) is 4.79 Å². The van der Waals surface area contributed by atoms with Gasteiger partial charge >= 0.3 is 6.03 Å². The predicted molar refractivity (Wildman–Crippen MR) is 125 cm³/mol. The zero-order valence-corrected chi connectivity index (χ0v) is 19.2. The highest BCUT2D eigenvalue weighted by atomic mass is 16.5. The normalized spacial score (nSPS) is 17.9.